The van der Waals surface area contributed by atoms with Crippen molar-refractivity contribution in [2.24, 2.45) is 0 Å². The number of hydroxylamine groups is 1. The zero-order chi connectivity index (χ0) is 7.11. The first-order valence-corrected chi connectivity index (χ1v) is 2.42. The van der Waals surface area contributed by atoms with Crippen molar-refractivity contribution in [3.8, 4) is 0 Å². The van der Waals surface area contributed by atoms with Gasteiger partial charge in [0, 0.05) is 7.05 Å². The Kier molecular flexibility index (Phi) is 4.53. The molecule has 0 radical (unpaired) electrons. The maximum Gasteiger partial charge on any atom is 0.528 e. The summed E-state index contributed by atoms with van der Waals surface area (Å²) in [6, 6.07) is 0. The second kappa shape index (κ2) is 5.11. The van der Waals surface area contributed by atoms with Gasteiger partial charge in [0.1, 0.15) is 6.61 Å². The quantitative estimate of drug-likeness (QED) is 0.343. The average molecular weight is 131 g/mol. The van der Waals surface area contributed by atoms with Crippen molar-refractivity contribution < 1.29 is 14.4 Å². The van der Waals surface area contributed by atoms with Gasteiger partial charge in [-0.15, -0.1) is 0 Å². The average Bonchev–Trinajstić information content (AvgIpc) is 1.85. The summed E-state index contributed by atoms with van der Waals surface area (Å²) in [5, 5.41) is 0. The first kappa shape index (κ1) is 7.97. The van der Waals surface area contributed by atoms with Crippen molar-refractivity contribution in [1.29, 1.82) is 0 Å². The molecule has 4 nitrogen and oxygen atoms in total. The summed E-state index contributed by atoms with van der Waals surface area (Å²) in [6.07, 6.45) is 0.703. The van der Waals surface area contributed by atoms with Gasteiger partial charge in [0.2, 0.25) is 0 Å². The van der Waals surface area contributed by atoms with Gasteiger partial charge >= 0.3 is 6.16 Å². The van der Waals surface area contributed by atoms with E-state index in [0.29, 0.717) is 0 Å². The highest BCUT2D eigenvalue weighted by molar-refractivity contribution is 5.59. The van der Waals surface area contributed by atoms with Crippen LogP contribution < -0.4 is 5.48 Å². The Morgan fingerprint density at radius 3 is 3.00 bits per heavy atom. The lowest BCUT2D eigenvalue weighted by Gasteiger charge is -1.99. The lowest BCUT2D eigenvalue weighted by molar-refractivity contribution is 0.0308. The summed E-state index contributed by atoms with van der Waals surface area (Å²) in [6.45, 7) is 3.51. The summed E-state index contributed by atoms with van der Waals surface area (Å²) >= 11 is 0. The number of hydrogen-bond acceptors (Lipinski definition) is 4. The van der Waals surface area contributed by atoms with Gasteiger partial charge in [-0.25, -0.2) is 4.79 Å². The predicted octanol–water partition coefficient (Wildman–Crippen LogP) is 0.460. The Labute approximate surface area is 53.4 Å². The zero-order valence-corrected chi connectivity index (χ0v) is 5.22. The van der Waals surface area contributed by atoms with E-state index >= 15 is 0 Å². The number of nitrogens with one attached hydrogen (secondary N) is 1. The fourth-order valence-corrected chi connectivity index (χ4v) is 0.240. The van der Waals surface area contributed by atoms with Gasteiger partial charge in [-0.3, -0.25) is 0 Å². The van der Waals surface area contributed by atoms with Crippen LogP contribution in [0.25, 0.3) is 0 Å². The lowest BCUT2D eigenvalue weighted by atomic mass is 10.7. The van der Waals surface area contributed by atoms with E-state index in [1.165, 1.54) is 13.1 Å². The molecule has 0 unspecified atom stereocenters. The number of ether oxygens (including phenoxy) is 1. The zero-order valence-electron chi connectivity index (χ0n) is 5.22. The van der Waals surface area contributed by atoms with Crippen molar-refractivity contribution >= 4 is 6.16 Å². The minimum Gasteiger partial charge on any atom is -0.429 e. The minimum atomic E-state index is -0.752. The van der Waals surface area contributed by atoms with Gasteiger partial charge in [-0.05, 0) is 0 Å². The first-order chi connectivity index (χ1) is 4.31. The molecule has 0 aliphatic heterocycles. The highest BCUT2D eigenvalue weighted by Gasteiger charge is 1.97. The van der Waals surface area contributed by atoms with Crippen LogP contribution in [0.2, 0.25) is 0 Å². The Hall–Kier alpha value is -1.03. The predicted molar refractivity (Wildman–Crippen MR) is 31.7 cm³/mol. The third-order valence-electron chi connectivity index (χ3n) is 0.504. The first-order valence-electron chi connectivity index (χ1n) is 2.42. The number of hydrogen-bond donors (Lipinski definition) is 1. The molecule has 0 heterocycles. The van der Waals surface area contributed by atoms with E-state index in [-0.39, 0.29) is 6.61 Å². The molecule has 0 amide bonds. The van der Waals surface area contributed by atoms with Gasteiger partial charge < -0.3 is 9.57 Å². The van der Waals surface area contributed by atoms with Crippen molar-refractivity contribution in [2.45, 2.75) is 0 Å². The molecular weight excluding hydrogens is 122 g/mol. The molecular formula is C5H9NO3. The number of rotatable bonds is 3. The summed E-state index contributed by atoms with van der Waals surface area (Å²) in [5.41, 5.74) is 2.17. The van der Waals surface area contributed by atoms with E-state index in [4.69, 9.17) is 0 Å². The van der Waals surface area contributed by atoms with Gasteiger partial charge in [-0.2, -0.15) is 5.48 Å². The monoisotopic (exact) mass is 131 g/mol. The van der Waals surface area contributed by atoms with Crippen LogP contribution >= 0.6 is 0 Å². The molecule has 0 saturated heterocycles. The number of carbonyl (C=O) groups is 1. The third-order valence-corrected chi connectivity index (χ3v) is 0.504. The topological polar surface area (TPSA) is 47.6 Å². The molecule has 0 fully saturated rings. The highest BCUT2D eigenvalue weighted by Crippen LogP contribution is 1.79. The van der Waals surface area contributed by atoms with Crippen LogP contribution in [0.4, 0.5) is 4.79 Å². The molecule has 9 heavy (non-hydrogen) atoms. The van der Waals surface area contributed by atoms with Gasteiger partial charge in [-0.1, -0.05) is 12.7 Å². The molecule has 0 spiro atoms. The highest BCUT2D eigenvalue weighted by atomic mass is 16.8. The summed E-state index contributed by atoms with van der Waals surface area (Å²) in [7, 11) is 1.47. The van der Waals surface area contributed by atoms with E-state index in [0.717, 1.165) is 0 Å². The molecule has 0 aromatic rings. The molecule has 0 rings (SSSR count). The third kappa shape index (κ3) is 4.83. The summed E-state index contributed by atoms with van der Waals surface area (Å²) in [5.74, 6) is 0. The molecule has 0 aliphatic carbocycles. The van der Waals surface area contributed by atoms with Gasteiger partial charge in [0.25, 0.3) is 0 Å². The molecule has 0 aliphatic rings. The molecule has 1 N–H and O–H groups in total. The normalized spacial score (nSPS) is 8.11. The van der Waals surface area contributed by atoms with Crippen molar-refractivity contribution in [3.63, 3.8) is 0 Å². The smallest absolute Gasteiger partial charge is 0.429 e. The van der Waals surface area contributed by atoms with Crippen LogP contribution in [-0.2, 0) is 9.57 Å². The fourth-order valence-electron chi connectivity index (χ4n) is 0.240. The molecule has 0 bridgehead atoms. The Morgan fingerprint density at radius 2 is 2.56 bits per heavy atom. The molecule has 4 heteroatoms. The molecule has 0 aromatic carbocycles. The molecule has 0 aromatic heterocycles. The lowest BCUT2D eigenvalue weighted by Crippen LogP contribution is -2.16. The SMILES string of the molecule is C=CCOC(=O)ONC. The summed E-state index contributed by atoms with van der Waals surface area (Å²) < 4.78 is 4.39. The van der Waals surface area contributed by atoms with E-state index in [1.54, 1.807) is 0 Å². The largest absolute Gasteiger partial charge is 0.528 e. The van der Waals surface area contributed by atoms with Crippen LogP contribution in [0, 0.1) is 0 Å². The van der Waals surface area contributed by atoms with Crippen LogP contribution in [-0.4, -0.2) is 19.8 Å². The Morgan fingerprint density at radius 1 is 1.89 bits per heavy atom. The van der Waals surface area contributed by atoms with Gasteiger partial charge in [0.15, 0.2) is 0 Å². The molecule has 0 atom stereocenters. The molecule has 52 valence electrons. The number of carbonyl (C=O) groups excluding carboxylic acids is 1. The van der Waals surface area contributed by atoms with Crippen molar-refractivity contribution in [2.75, 3.05) is 13.7 Å². The van der Waals surface area contributed by atoms with Gasteiger partial charge in [0.05, 0.1) is 0 Å². The fraction of sp³-hybridized carbons (Fsp3) is 0.400. The molecule has 0 saturated carbocycles. The van der Waals surface area contributed by atoms with Crippen molar-refractivity contribution in [1.82, 2.24) is 5.48 Å². The second-order valence-corrected chi connectivity index (χ2v) is 1.16. The van der Waals surface area contributed by atoms with E-state index in [1.807, 2.05) is 0 Å². The van der Waals surface area contributed by atoms with Crippen LogP contribution in [0.3, 0.4) is 0 Å². The van der Waals surface area contributed by atoms with E-state index in [9.17, 15) is 4.79 Å². The minimum absolute atomic E-state index is 0.167. The van der Waals surface area contributed by atoms with Crippen molar-refractivity contribution in [3.05, 3.63) is 12.7 Å². The van der Waals surface area contributed by atoms with Crippen LogP contribution in [0.15, 0.2) is 12.7 Å². The maximum absolute atomic E-state index is 10.2. The van der Waals surface area contributed by atoms with Crippen LogP contribution in [0.5, 0.6) is 0 Å². The Balaban J connectivity index is 3.16. The van der Waals surface area contributed by atoms with Crippen LogP contribution in [0.1, 0.15) is 0 Å². The second-order valence-electron chi connectivity index (χ2n) is 1.16. The standard InChI is InChI=1S/C5H9NO3/c1-3-4-8-5(7)9-6-2/h3,6H,1,4H2,2H3. The van der Waals surface area contributed by atoms with E-state index < -0.39 is 6.16 Å². The summed E-state index contributed by atoms with van der Waals surface area (Å²) in [4.78, 5) is 14.4. The maximum atomic E-state index is 10.2. The Bertz CT molecular complexity index is 102. The van der Waals surface area contributed by atoms with E-state index in [2.05, 4.69) is 21.6 Å².